The molecule has 1 atom stereocenters. The van der Waals surface area contributed by atoms with Gasteiger partial charge in [0.15, 0.2) is 5.82 Å². The van der Waals surface area contributed by atoms with Gasteiger partial charge in [0.1, 0.15) is 17.6 Å². The minimum absolute atomic E-state index is 0.107. The van der Waals surface area contributed by atoms with Gasteiger partial charge >= 0.3 is 0 Å². The van der Waals surface area contributed by atoms with E-state index < -0.39 is 23.6 Å². The molecule has 3 N–H and O–H groups in total. The molecule has 1 aromatic carbocycles. The van der Waals surface area contributed by atoms with Gasteiger partial charge in [-0.3, -0.25) is 9.59 Å². The van der Waals surface area contributed by atoms with Crippen LogP contribution in [0.4, 0.5) is 8.78 Å². The second kappa shape index (κ2) is 6.37. The Labute approximate surface area is 141 Å². The van der Waals surface area contributed by atoms with Crippen molar-refractivity contribution in [1.29, 1.82) is 0 Å². The lowest BCUT2D eigenvalue weighted by molar-refractivity contribution is -0.123. The molecule has 2 heterocycles. The third-order valence-corrected chi connectivity index (χ3v) is 4.40. The van der Waals surface area contributed by atoms with Crippen molar-refractivity contribution in [3.05, 3.63) is 34.5 Å². The number of benzene rings is 1. The number of hydrogen-bond donors (Lipinski definition) is 3. The van der Waals surface area contributed by atoms with E-state index >= 15 is 0 Å². The number of hydrogen-bond acceptors (Lipinski definition) is 3. The van der Waals surface area contributed by atoms with Crippen molar-refractivity contribution in [1.82, 2.24) is 20.5 Å². The van der Waals surface area contributed by atoms with Crippen LogP contribution >= 0.6 is 11.6 Å². The molecule has 1 aliphatic heterocycles. The quantitative estimate of drug-likeness (QED) is 0.758. The molecule has 128 valence electrons. The standard InChI is InChI=1S/C15H15ClF2N4O2/c1-19-14(23)9-6-22(5-4-20-9)15(24)13-12(18)10-8(21-13)3-2-7(17)11(10)16/h2-3,9,20-21H,4-6H2,1H3,(H,19,23)/t9-/m1/s1. The molecule has 6 nitrogen and oxygen atoms in total. The van der Waals surface area contributed by atoms with Crippen LogP contribution in [0.15, 0.2) is 12.1 Å². The first-order chi connectivity index (χ1) is 11.4. The molecule has 2 aromatic rings. The van der Waals surface area contributed by atoms with Gasteiger partial charge in [0, 0.05) is 26.7 Å². The molecule has 1 fully saturated rings. The molecule has 0 aliphatic carbocycles. The molecule has 1 saturated heterocycles. The van der Waals surface area contributed by atoms with Crippen molar-refractivity contribution in [2.45, 2.75) is 6.04 Å². The maximum Gasteiger partial charge on any atom is 0.273 e. The number of rotatable bonds is 2. The first-order valence-electron chi connectivity index (χ1n) is 7.33. The highest BCUT2D eigenvalue weighted by Gasteiger charge is 2.31. The van der Waals surface area contributed by atoms with Gasteiger partial charge in [0.05, 0.1) is 15.9 Å². The largest absolute Gasteiger partial charge is 0.358 e. The summed E-state index contributed by atoms with van der Waals surface area (Å²) in [5.41, 5.74) is -0.0599. The highest BCUT2D eigenvalue weighted by atomic mass is 35.5. The Morgan fingerprint density at radius 3 is 2.83 bits per heavy atom. The Bertz CT molecular complexity index is 823. The summed E-state index contributed by atoms with van der Waals surface area (Å²) in [7, 11) is 1.50. The van der Waals surface area contributed by atoms with Crippen LogP contribution in [0.1, 0.15) is 10.5 Å². The molecule has 3 rings (SSSR count). The molecule has 0 saturated carbocycles. The molecule has 0 bridgehead atoms. The minimum Gasteiger partial charge on any atom is -0.358 e. The van der Waals surface area contributed by atoms with Crippen LogP contribution in [0.5, 0.6) is 0 Å². The lowest BCUT2D eigenvalue weighted by Crippen LogP contribution is -2.58. The van der Waals surface area contributed by atoms with Gasteiger partial charge < -0.3 is 20.5 Å². The zero-order valence-electron chi connectivity index (χ0n) is 12.8. The summed E-state index contributed by atoms with van der Waals surface area (Å²) >= 11 is 5.80. The Kier molecular flexibility index (Phi) is 4.42. The number of likely N-dealkylation sites (N-methyl/N-ethyl adjacent to an activating group) is 1. The van der Waals surface area contributed by atoms with E-state index in [0.717, 1.165) is 6.07 Å². The second-order valence-corrected chi connectivity index (χ2v) is 5.85. The van der Waals surface area contributed by atoms with Crippen LogP contribution in [0.25, 0.3) is 10.9 Å². The SMILES string of the molecule is CNC(=O)[C@H]1CN(C(=O)c2[nH]c3ccc(F)c(Cl)c3c2F)CCN1. The lowest BCUT2D eigenvalue weighted by Gasteiger charge is -2.32. The summed E-state index contributed by atoms with van der Waals surface area (Å²) in [4.78, 5) is 28.3. The van der Waals surface area contributed by atoms with E-state index in [1.165, 1.54) is 18.0 Å². The number of H-pyrrole nitrogens is 1. The summed E-state index contributed by atoms with van der Waals surface area (Å²) < 4.78 is 28.1. The molecular formula is C15H15ClF2N4O2. The zero-order chi connectivity index (χ0) is 17.4. The molecular weight excluding hydrogens is 342 g/mol. The molecule has 0 radical (unpaired) electrons. The Morgan fingerprint density at radius 2 is 2.12 bits per heavy atom. The van der Waals surface area contributed by atoms with Crippen LogP contribution in [0.3, 0.4) is 0 Å². The number of nitrogens with one attached hydrogen (secondary N) is 3. The summed E-state index contributed by atoms with van der Waals surface area (Å²) in [6, 6.07) is 1.85. The third kappa shape index (κ3) is 2.71. The number of aromatic amines is 1. The van der Waals surface area contributed by atoms with Crippen LogP contribution in [-0.2, 0) is 4.79 Å². The third-order valence-electron chi connectivity index (χ3n) is 4.03. The van der Waals surface area contributed by atoms with Crippen molar-refractivity contribution >= 4 is 34.3 Å². The Balaban J connectivity index is 1.93. The average molecular weight is 357 g/mol. The van der Waals surface area contributed by atoms with E-state index in [0.29, 0.717) is 13.1 Å². The van der Waals surface area contributed by atoms with E-state index in [1.54, 1.807) is 0 Å². The van der Waals surface area contributed by atoms with Crippen molar-refractivity contribution < 1.29 is 18.4 Å². The number of aromatic nitrogens is 1. The molecule has 9 heteroatoms. The number of amides is 2. The topological polar surface area (TPSA) is 77.2 Å². The monoisotopic (exact) mass is 356 g/mol. The van der Waals surface area contributed by atoms with Crippen LogP contribution in [0.2, 0.25) is 5.02 Å². The highest BCUT2D eigenvalue weighted by molar-refractivity contribution is 6.35. The summed E-state index contributed by atoms with van der Waals surface area (Å²) in [5, 5.41) is 4.96. The van der Waals surface area contributed by atoms with Crippen LogP contribution in [-0.4, -0.2) is 54.4 Å². The van der Waals surface area contributed by atoms with Gasteiger partial charge in [-0.1, -0.05) is 11.6 Å². The van der Waals surface area contributed by atoms with E-state index in [2.05, 4.69) is 15.6 Å². The van der Waals surface area contributed by atoms with Crippen molar-refractivity contribution in [3.8, 4) is 0 Å². The Morgan fingerprint density at radius 1 is 1.38 bits per heavy atom. The maximum atomic E-state index is 14.6. The molecule has 0 spiro atoms. The predicted molar refractivity (Wildman–Crippen MR) is 85.0 cm³/mol. The number of piperazine rings is 1. The van der Waals surface area contributed by atoms with Crippen molar-refractivity contribution in [2.24, 2.45) is 0 Å². The smallest absolute Gasteiger partial charge is 0.273 e. The average Bonchev–Trinajstić information content (AvgIpc) is 2.94. The highest BCUT2D eigenvalue weighted by Crippen LogP contribution is 2.30. The van der Waals surface area contributed by atoms with Gasteiger partial charge in [-0.25, -0.2) is 8.78 Å². The molecule has 1 aromatic heterocycles. The number of carbonyl (C=O) groups excluding carboxylic acids is 2. The first-order valence-corrected chi connectivity index (χ1v) is 7.71. The van der Waals surface area contributed by atoms with E-state index in [9.17, 15) is 18.4 Å². The molecule has 24 heavy (non-hydrogen) atoms. The fourth-order valence-electron chi connectivity index (χ4n) is 2.77. The maximum absolute atomic E-state index is 14.6. The number of nitrogens with zero attached hydrogens (tertiary/aromatic N) is 1. The zero-order valence-corrected chi connectivity index (χ0v) is 13.5. The van der Waals surface area contributed by atoms with E-state index in [1.807, 2.05) is 0 Å². The van der Waals surface area contributed by atoms with Gasteiger partial charge in [0.2, 0.25) is 5.91 Å². The fourth-order valence-corrected chi connectivity index (χ4v) is 3.02. The van der Waals surface area contributed by atoms with Crippen molar-refractivity contribution in [2.75, 3.05) is 26.7 Å². The first kappa shape index (κ1) is 16.7. The van der Waals surface area contributed by atoms with E-state index in [4.69, 9.17) is 11.6 Å². The van der Waals surface area contributed by atoms with Crippen LogP contribution < -0.4 is 10.6 Å². The molecule has 1 aliphatic rings. The normalized spacial score (nSPS) is 18.0. The Hall–Kier alpha value is -2.19. The predicted octanol–water partition coefficient (Wildman–Crippen LogP) is 1.26. The van der Waals surface area contributed by atoms with Gasteiger partial charge in [-0.2, -0.15) is 0 Å². The molecule has 2 amide bonds. The number of fused-ring (bicyclic) bond motifs is 1. The minimum atomic E-state index is -0.894. The number of halogens is 3. The van der Waals surface area contributed by atoms with Gasteiger partial charge in [0.25, 0.3) is 5.91 Å². The van der Waals surface area contributed by atoms with Crippen LogP contribution in [0, 0.1) is 11.6 Å². The molecule has 0 unspecified atom stereocenters. The van der Waals surface area contributed by atoms with E-state index in [-0.39, 0.29) is 34.1 Å². The van der Waals surface area contributed by atoms with Crippen molar-refractivity contribution in [3.63, 3.8) is 0 Å². The number of carbonyl (C=O) groups is 2. The van der Waals surface area contributed by atoms with Gasteiger partial charge in [-0.05, 0) is 12.1 Å². The fraction of sp³-hybridized carbons (Fsp3) is 0.333. The summed E-state index contributed by atoms with van der Waals surface area (Å²) in [6.45, 7) is 0.833. The second-order valence-electron chi connectivity index (χ2n) is 5.47. The summed E-state index contributed by atoms with van der Waals surface area (Å²) in [5.74, 6) is -2.51. The summed E-state index contributed by atoms with van der Waals surface area (Å²) in [6.07, 6.45) is 0. The lowest BCUT2D eigenvalue weighted by atomic mass is 10.1. The van der Waals surface area contributed by atoms with Gasteiger partial charge in [-0.15, -0.1) is 0 Å².